The van der Waals surface area contributed by atoms with E-state index in [1.165, 1.54) is 0 Å². The van der Waals surface area contributed by atoms with E-state index in [1.54, 1.807) is 7.05 Å². The van der Waals surface area contributed by atoms with E-state index in [2.05, 4.69) is 16.0 Å². The minimum absolute atomic E-state index is 0.0923. The molecule has 0 bridgehead atoms. The van der Waals surface area contributed by atoms with E-state index in [4.69, 9.17) is 0 Å². The van der Waals surface area contributed by atoms with Crippen LogP contribution in [0.25, 0.3) is 0 Å². The predicted octanol–water partition coefficient (Wildman–Crippen LogP) is -1.01. The molecule has 1 aliphatic carbocycles. The predicted molar refractivity (Wildman–Crippen MR) is 52.7 cm³/mol. The topological polar surface area (TPSA) is 70.2 Å². The standard InChI is InChI=1S/C9H17N3O2/c1-10-5-4-8(13)11-6-9(14)12-7-2-3-7/h7,10H,2-6H2,1H3,(H,11,13)(H,12,14). The lowest BCUT2D eigenvalue weighted by Gasteiger charge is -2.05. The van der Waals surface area contributed by atoms with Crippen molar-refractivity contribution < 1.29 is 9.59 Å². The molecule has 0 saturated heterocycles. The van der Waals surface area contributed by atoms with Crippen molar-refractivity contribution in [3.63, 3.8) is 0 Å². The maximum Gasteiger partial charge on any atom is 0.239 e. The van der Waals surface area contributed by atoms with Crippen molar-refractivity contribution in [1.82, 2.24) is 16.0 Å². The molecule has 0 aromatic carbocycles. The molecule has 1 saturated carbocycles. The molecule has 0 atom stereocenters. The highest BCUT2D eigenvalue weighted by molar-refractivity contribution is 5.84. The monoisotopic (exact) mass is 199 g/mol. The lowest BCUT2D eigenvalue weighted by Crippen LogP contribution is -2.38. The van der Waals surface area contributed by atoms with Crippen molar-refractivity contribution in [2.45, 2.75) is 25.3 Å². The van der Waals surface area contributed by atoms with Gasteiger partial charge in [-0.25, -0.2) is 0 Å². The summed E-state index contributed by atoms with van der Waals surface area (Å²) in [5, 5.41) is 8.22. The van der Waals surface area contributed by atoms with E-state index >= 15 is 0 Å². The van der Waals surface area contributed by atoms with Crippen LogP contribution in [0.3, 0.4) is 0 Å². The van der Waals surface area contributed by atoms with Gasteiger partial charge in [0.1, 0.15) is 0 Å². The van der Waals surface area contributed by atoms with Gasteiger partial charge >= 0.3 is 0 Å². The van der Waals surface area contributed by atoms with Gasteiger partial charge in [0.2, 0.25) is 11.8 Å². The molecule has 0 aromatic rings. The molecule has 0 heterocycles. The maximum absolute atomic E-state index is 11.1. The van der Waals surface area contributed by atoms with Crippen molar-refractivity contribution in [1.29, 1.82) is 0 Å². The van der Waals surface area contributed by atoms with Gasteiger partial charge in [-0.3, -0.25) is 9.59 Å². The van der Waals surface area contributed by atoms with Crippen LogP contribution < -0.4 is 16.0 Å². The number of hydrogen-bond donors (Lipinski definition) is 3. The molecule has 5 heteroatoms. The summed E-state index contributed by atoms with van der Waals surface area (Å²) >= 11 is 0. The second kappa shape index (κ2) is 5.59. The molecule has 2 amide bonds. The maximum atomic E-state index is 11.1. The molecule has 14 heavy (non-hydrogen) atoms. The van der Waals surface area contributed by atoms with Crippen molar-refractivity contribution in [3.05, 3.63) is 0 Å². The smallest absolute Gasteiger partial charge is 0.239 e. The van der Waals surface area contributed by atoms with Crippen molar-refractivity contribution in [2.24, 2.45) is 0 Å². The van der Waals surface area contributed by atoms with Gasteiger partial charge in [-0.1, -0.05) is 0 Å². The molecule has 3 N–H and O–H groups in total. The van der Waals surface area contributed by atoms with Crippen LogP contribution in [0.1, 0.15) is 19.3 Å². The molecular weight excluding hydrogens is 182 g/mol. The molecule has 0 radical (unpaired) electrons. The zero-order chi connectivity index (χ0) is 10.4. The zero-order valence-corrected chi connectivity index (χ0v) is 8.43. The number of hydrogen-bond acceptors (Lipinski definition) is 3. The fraction of sp³-hybridized carbons (Fsp3) is 0.778. The third-order valence-corrected chi connectivity index (χ3v) is 1.99. The van der Waals surface area contributed by atoms with Crippen LogP contribution in [0.5, 0.6) is 0 Å². The second-order valence-electron chi connectivity index (χ2n) is 3.47. The van der Waals surface area contributed by atoms with E-state index < -0.39 is 0 Å². The Morgan fingerprint density at radius 3 is 2.57 bits per heavy atom. The molecule has 0 spiro atoms. The van der Waals surface area contributed by atoms with Crippen LogP contribution in [0.2, 0.25) is 0 Å². The van der Waals surface area contributed by atoms with Crippen LogP contribution >= 0.6 is 0 Å². The summed E-state index contributed by atoms with van der Waals surface area (Å²) in [5.74, 6) is -0.185. The summed E-state index contributed by atoms with van der Waals surface area (Å²) in [6.45, 7) is 0.731. The average Bonchev–Trinajstić information content (AvgIpc) is 2.95. The largest absolute Gasteiger partial charge is 0.352 e. The molecule has 5 nitrogen and oxygen atoms in total. The molecule has 1 fully saturated rings. The second-order valence-corrected chi connectivity index (χ2v) is 3.47. The summed E-state index contributed by atoms with van der Waals surface area (Å²) < 4.78 is 0. The highest BCUT2D eigenvalue weighted by Gasteiger charge is 2.22. The van der Waals surface area contributed by atoms with Gasteiger partial charge < -0.3 is 16.0 Å². The molecule has 0 unspecified atom stereocenters. The first-order chi connectivity index (χ1) is 6.72. The Balaban J connectivity index is 2.00. The normalized spacial score (nSPS) is 14.9. The fourth-order valence-corrected chi connectivity index (χ4v) is 1.01. The van der Waals surface area contributed by atoms with Crippen LogP contribution in [-0.2, 0) is 9.59 Å². The highest BCUT2D eigenvalue weighted by Crippen LogP contribution is 2.18. The summed E-state index contributed by atoms with van der Waals surface area (Å²) in [4.78, 5) is 22.2. The zero-order valence-electron chi connectivity index (χ0n) is 8.43. The Bertz CT molecular complexity index is 214. The summed E-state index contributed by atoms with van der Waals surface area (Å²) in [6.07, 6.45) is 2.55. The van der Waals surface area contributed by atoms with Crippen LogP contribution in [0, 0.1) is 0 Å². The Morgan fingerprint density at radius 2 is 2.00 bits per heavy atom. The van der Waals surface area contributed by atoms with Crippen LogP contribution in [0.15, 0.2) is 0 Å². The summed E-state index contributed by atoms with van der Waals surface area (Å²) in [6, 6.07) is 0.358. The average molecular weight is 199 g/mol. The van der Waals surface area contributed by atoms with Gasteiger partial charge in [0.15, 0.2) is 0 Å². The lowest BCUT2D eigenvalue weighted by atomic mass is 10.4. The first-order valence-electron chi connectivity index (χ1n) is 4.93. The van der Waals surface area contributed by atoms with Gasteiger partial charge in [0.05, 0.1) is 6.54 Å². The van der Waals surface area contributed by atoms with E-state index in [0.29, 0.717) is 19.0 Å². The lowest BCUT2D eigenvalue weighted by molar-refractivity contribution is -0.126. The SMILES string of the molecule is CNCCC(=O)NCC(=O)NC1CC1. The Morgan fingerprint density at radius 1 is 1.29 bits per heavy atom. The van der Waals surface area contributed by atoms with E-state index in [1.807, 2.05) is 0 Å². The molecule has 0 aromatic heterocycles. The Kier molecular flexibility index (Phi) is 4.39. The summed E-state index contributed by atoms with van der Waals surface area (Å²) in [7, 11) is 1.78. The first kappa shape index (κ1) is 11.0. The van der Waals surface area contributed by atoms with Crippen molar-refractivity contribution in [3.8, 4) is 0 Å². The van der Waals surface area contributed by atoms with Gasteiger partial charge in [-0.15, -0.1) is 0 Å². The number of nitrogens with one attached hydrogen (secondary N) is 3. The molecule has 1 rings (SSSR count). The number of carbonyl (C=O) groups excluding carboxylic acids is 2. The van der Waals surface area contributed by atoms with Gasteiger partial charge in [-0.2, -0.15) is 0 Å². The third kappa shape index (κ3) is 4.81. The minimum atomic E-state index is -0.0923. The van der Waals surface area contributed by atoms with Gasteiger partial charge in [-0.05, 0) is 19.9 Å². The minimum Gasteiger partial charge on any atom is -0.352 e. The first-order valence-corrected chi connectivity index (χ1v) is 4.93. The van der Waals surface area contributed by atoms with Gasteiger partial charge in [0, 0.05) is 19.0 Å². The molecule has 1 aliphatic rings. The number of amides is 2. The quantitative estimate of drug-likeness (QED) is 0.513. The van der Waals surface area contributed by atoms with Crippen molar-refractivity contribution >= 4 is 11.8 Å². The highest BCUT2D eigenvalue weighted by atomic mass is 16.2. The fourth-order valence-electron chi connectivity index (χ4n) is 1.01. The van der Waals surface area contributed by atoms with Crippen LogP contribution in [0.4, 0.5) is 0 Å². The van der Waals surface area contributed by atoms with E-state index in [0.717, 1.165) is 12.8 Å². The Hall–Kier alpha value is -1.10. The Labute approximate surface area is 83.6 Å². The van der Waals surface area contributed by atoms with Crippen LogP contribution in [-0.4, -0.2) is 38.0 Å². The molecule has 0 aliphatic heterocycles. The van der Waals surface area contributed by atoms with Crippen molar-refractivity contribution in [2.75, 3.05) is 20.1 Å². The number of carbonyl (C=O) groups is 2. The number of rotatable bonds is 6. The van der Waals surface area contributed by atoms with Gasteiger partial charge in [0.25, 0.3) is 0 Å². The third-order valence-electron chi connectivity index (χ3n) is 1.99. The summed E-state index contributed by atoms with van der Waals surface area (Å²) in [5.41, 5.74) is 0. The molecule has 80 valence electrons. The molecular formula is C9H17N3O2. The van der Waals surface area contributed by atoms with E-state index in [-0.39, 0.29) is 18.4 Å². The van der Waals surface area contributed by atoms with E-state index in [9.17, 15) is 9.59 Å².